The van der Waals surface area contributed by atoms with E-state index in [2.05, 4.69) is 169 Å². The molecular weight excluding hydrogens is 985 g/mol. The van der Waals surface area contributed by atoms with E-state index in [1.165, 1.54) is 22.3 Å². The number of pyridine rings is 1. The molecule has 5 nitrogen and oxygen atoms in total. The maximum absolute atomic E-state index is 10.0. The van der Waals surface area contributed by atoms with E-state index >= 15 is 0 Å². The molecule has 1 aliphatic rings. The van der Waals surface area contributed by atoms with Crippen molar-refractivity contribution >= 4 is 44.6 Å². The number of hydrogen-bond acceptors (Lipinski definition) is 4. The molecule has 0 N–H and O–H groups in total. The molecule has 2 aromatic heterocycles. The number of benzene rings is 9. The molecular formula is C76H74N4O. The highest BCUT2D eigenvalue weighted by atomic mass is 16.5. The van der Waals surface area contributed by atoms with E-state index in [0.717, 1.165) is 61.3 Å². The van der Waals surface area contributed by atoms with Crippen molar-refractivity contribution in [2.45, 2.75) is 98.7 Å². The lowest BCUT2D eigenvalue weighted by Crippen LogP contribution is -2.25. The Kier molecular flexibility index (Phi) is 11.1. The van der Waals surface area contributed by atoms with Gasteiger partial charge >= 0.3 is 0 Å². The van der Waals surface area contributed by atoms with Crippen LogP contribution in [0, 0.1) is 5.89 Å². The minimum atomic E-state index is -3.30. The van der Waals surface area contributed by atoms with Gasteiger partial charge in [-0.3, -0.25) is 4.57 Å². The van der Waals surface area contributed by atoms with E-state index in [4.69, 9.17) is 17.9 Å². The van der Waals surface area contributed by atoms with Gasteiger partial charge in [0.25, 0.3) is 0 Å². The molecule has 0 bridgehead atoms. The van der Waals surface area contributed by atoms with E-state index in [9.17, 15) is 4.11 Å². The maximum atomic E-state index is 10.0. The highest BCUT2D eigenvalue weighted by Crippen LogP contribution is 2.52. The highest BCUT2D eigenvalue weighted by Gasteiger charge is 2.34. The van der Waals surface area contributed by atoms with Gasteiger partial charge in [-0.15, -0.1) is 0 Å². The minimum Gasteiger partial charge on any atom is -0.457 e. The molecule has 0 saturated carbocycles. The average Bonchev–Trinajstić information content (AvgIpc) is 1.59. The summed E-state index contributed by atoms with van der Waals surface area (Å²) in [4.78, 5) is 9.64. The number of para-hydroxylation sites is 2. The summed E-state index contributed by atoms with van der Waals surface area (Å²) in [7, 11) is 0. The Morgan fingerprint density at radius 1 is 0.494 bits per heavy atom. The Hall–Kier alpha value is -8.67. The second-order valence-corrected chi connectivity index (χ2v) is 24.6. The van der Waals surface area contributed by atoms with Crippen LogP contribution < -0.4 is 14.5 Å². The van der Waals surface area contributed by atoms with E-state index in [-0.39, 0.29) is 45.4 Å². The molecule has 0 atom stereocenters. The fraction of sp³-hybridized carbons (Fsp3) is 0.224. The number of nitrogens with zero attached hydrogens (tertiary/aromatic N) is 4. The minimum absolute atomic E-state index is 0.0276. The molecule has 0 fully saturated rings. The number of ether oxygens (including phenoxy) is 1. The first-order valence-electron chi connectivity index (χ1n) is 32.5. The molecule has 3 heterocycles. The number of hydrogen-bond donors (Lipinski definition) is 0. The van der Waals surface area contributed by atoms with Gasteiger partial charge in [-0.05, 0) is 145 Å². The quantitative estimate of drug-likeness (QED) is 0.129. The van der Waals surface area contributed by atoms with E-state index in [1.807, 2.05) is 78.9 Å². The topological polar surface area (TPSA) is 33.5 Å². The van der Waals surface area contributed by atoms with Crippen molar-refractivity contribution in [1.82, 2.24) is 9.55 Å². The number of anilines is 4. The zero-order valence-corrected chi connectivity index (χ0v) is 47.7. The van der Waals surface area contributed by atoms with Crippen LogP contribution in [0.5, 0.6) is 11.5 Å². The largest absolute Gasteiger partial charge is 0.457 e. The van der Waals surface area contributed by atoms with Crippen molar-refractivity contribution in [3.63, 3.8) is 0 Å². The number of aromatic nitrogens is 2. The van der Waals surface area contributed by atoms with Crippen LogP contribution in [0.4, 0.5) is 22.7 Å². The molecule has 5 heteroatoms. The first-order chi connectivity index (χ1) is 42.5. The molecule has 9 aromatic carbocycles. The molecule has 0 unspecified atom stereocenters. The van der Waals surface area contributed by atoms with Gasteiger partial charge in [-0.2, -0.15) is 0 Å². The molecule has 404 valence electrons. The van der Waals surface area contributed by atoms with Gasteiger partial charge < -0.3 is 14.5 Å². The number of rotatable bonds is 11. The van der Waals surface area contributed by atoms with Crippen LogP contribution >= 0.6 is 0 Å². The summed E-state index contributed by atoms with van der Waals surface area (Å²) in [6.07, 6.45) is -1.19. The van der Waals surface area contributed by atoms with Crippen molar-refractivity contribution < 1.29 is 17.1 Å². The van der Waals surface area contributed by atoms with Crippen molar-refractivity contribution in [3.05, 3.63) is 241 Å². The first kappa shape index (κ1) is 43.2. The van der Waals surface area contributed by atoms with Gasteiger partial charge in [0.1, 0.15) is 24.0 Å². The summed E-state index contributed by atoms with van der Waals surface area (Å²) in [6, 6.07) is 69.4. The van der Waals surface area contributed by atoms with Crippen LogP contribution in [0.2, 0.25) is 0 Å². The van der Waals surface area contributed by atoms with Gasteiger partial charge in [0.2, 0.25) is 0 Å². The Bertz CT molecular complexity index is 4490. The van der Waals surface area contributed by atoms with Crippen LogP contribution in [0.1, 0.15) is 111 Å². The molecule has 81 heavy (non-hydrogen) atoms. The van der Waals surface area contributed by atoms with Crippen LogP contribution in [0.3, 0.4) is 0 Å². The van der Waals surface area contributed by atoms with E-state index in [0.29, 0.717) is 34.8 Å². The fourth-order valence-corrected chi connectivity index (χ4v) is 11.3. The van der Waals surface area contributed by atoms with E-state index in [1.54, 1.807) is 34.9 Å². The van der Waals surface area contributed by atoms with Crippen molar-refractivity contribution in [2.75, 3.05) is 16.5 Å². The van der Waals surface area contributed by atoms with Crippen molar-refractivity contribution in [1.29, 1.82) is 0 Å². The third kappa shape index (κ3) is 10.4. The first-order valence-corrected chi connectivity index (χ1v) is 28.0. The lowest BCUT2D eigenvalue weighted by Gasteiger charge is -2.31. The maximum Gasteiger partial charge on any atom is 0.137 e. The lowest BCUT2D eigenvalue weighted by atomic mass is 9.77. The Labute approximate surface area is 492 Å². The van der Waals surface area contributed by atoms with Gasteiger partial charge in [0, 0.05) is 61.1 Å². The van der Waals surface area contributed by atoms with Gasteiger partial charge in [0.15, 0.2) is 0 Å². The standard InChI is InChI=1S/C76H74N4O/c1-50(2)38-55-42-72(77-48-67(55)53-28-19-14-20-29-53)80-68-37-34-54(51-24-15-12-16-25-51)41-66(68)63-36-35-62(47-71(63)80)81-61-31-23-30-60(46-61)78-49-79(70-33-22-21-32-69(70)78)73-64(52-26-17-13-18-27-52)44-59(76(9,10)11)45-65(73)56-39-57(74(3,4)5)43-58(40-56)75(6,7)8/h12-37,39-48,50H,38,49H2,1-11H3/i1D3,2D3,42D,48D,50D. The molecule has 0 spiro atoms. The van der Waals surface area contributed by atoms with Crippen LogP contribution in [0.15, 0.2) is 218 Å². The zero-order valence-electron chi connectivity index (χ0n) is 56.7. The monoisotopic (exact) mass is 1070 g/mol. The van der Waals surface area contributed by atoms with Crippen molar-refractivity contribution in [2.24, 2.45) is 5.89 Å². The Morgan fingerprint density at radius 3 is 1.69 bits per heavy atom. The van der Waals surface area contributed by atoms with E-state index < -0.39 is 26.0 Å². The third-order valence-corrected chi connectivity index (χ3v) is 15.7. The summed E-state index contributed by atoms with van der Waals surface area (Å²) in [6.45, 7) is 14.5. The fourth-order valence-electron chi connectivity index (χ4n) is 11.3. The zero-order chi connectivity index (χ0) is 64.0. The van der Waals surface area contributed by atoms with Gasteiger partial charge in [-0.25, -0.2) is 4.98 Å². The van der Waals surface area contributed by atoms with Crippen LogP contribution in [-0.2, 0) is 22.7 Å². The van der Waals surface area contributed by atoms with Crippen LogP contribution in [0.25, 0.3) is 72.1 Å². The summed E-state index contributed by atoms with van der Waals surface area (Å²) in [5.41, 5.74) is 15.7. The highest BCUT2D eigenvalue weighted by molar-refractivity contribution is 6.11. The molecule has 0 aliphatic carbocycles. The Morgan fingerprint density at radius 2 is 1.06 bits per heavy atom. The predicted octanol–water partition coefficient (Wildman–Crippen LogP) is 21.0. The number of fused-ring (bicyclic) bond motifs is 4. The molecule has 12 rings (SSSR count). The predicted molar refractivity (Wildman–Crippen MR) is 344 cm³/mol. The summed E-state index contributed by atoms with van der Waals surface area (Å²) in [5, 5.41) is 1.59. The smallest absolute Gasteiger partial charge is 0.137 e. The summed E-state index contributed by atoms with van der Waals surface area (Å²) >= 11 is 0. The summed E-state index contributed by atoms with van der Waals surface area (Å²) in [5.74, 6) is -2.04. The lowest BCUT2D eigenvalue weighted by molar-refractivity contribution is 0.483. The van der Waals surface area contributed by atoms with Crippen molar-refractivity contribution in [3.8, 4) is 61.8 Å². The second kappa shape index (κ2) is 20.8. The summed E-state index contributed by atoms with van der Waals surface area (Å²) < 4.78 is 88.1. The molecule has 1 aliphatic heterocycles. The normalized spacial score (nSPS) is 15.0. The van der Waals surface area contributed by atoms with Gasteiger partial charge in [-0.1, -0.05) is 209 Å². The van der Waals surface area contributed by atoms with Gasteiger partial charge in [0.05, 0.1) is 30.8 Å². The SMILES string of the molecule is [2H]c1nc(-n2c3ccc(-c4ccccc4)cc3c3ccc(Oc4cccc(N5CN(c6c(-c7ccccc7)cc(C(C)(C)C)cc6-c6cc(C(C)(C)C)cc(C(C)(C)C)c6)c6ccccc65)c4)cc32)c([2H])c(CC([2H])(C([2H])([2H])[2H])C([2H])([2H])[2H])c1-c1ccccc1. The van der Waals surface area contributed by atoms with Crippen LogP contribution in [-0.4, -0.2) is 16.2 Å². The molecule has 0 saturated heterocycles. The third-order valence-electron chi connectivity index (χ3n) is 15.7. The molecule has 11 aromatic rings. The molecule has 0 radical (unpaired) electrons. The second-order valence-electron chi connectivity index (χ2n) is 24.6. The molecule has 0 amide bonds. The average molecular weight is 1070 g/mol. The Balaban J connectivity index is 0.997.